The highest BCUT2D eigenvalue weighted by Gasteiger charge is 2.42. The minimum absolute atomic E-state index is 0.0243. The third-order valence-corrected chi connectivity index (χ3v) is 6.54. The van der Waals surface area contributed by atoms with Crippen LogP contribution in [0.5, 0.6) is 0 Å². The van der Waals surface area contributed by atoms with Crippen molar-refractivity contribution in [1.29, 1.82) is 0 Å². The summed E-state index contributed by atoms with van der Waals surface area (Å²) in [5.74, 6) is -0.839. The number of aryl methyl sites for hydroxylation is 1. The first-order chi connectivity index (χ1) is 17.0. The second-order valence-corrected chi connectivity index (χ2v) is 8.93. The average molecular weight is 490 g/mol. The van der Waals surface area contributed by atoms with Gasteiger partial charge in [-0.3, -0.25) is 14.5 Å². The summed E-state index contributed by atoms with van der Waals surface area (Å²) >= 11 is 5.72. The summed E-state index contributed by atoms with van der Waals surface area (Å²) in [7, 11) is 0. The van der Waals surface area contributed by atoms with Crippen LogP contribution in [0.1, 0.15) is 24.0 Å². The number of halogens is 1. The topological polar surface area (TPSA) is 52.7 Å². The summed E-state index contributed by atoms with van der Waals surface area (Å²) in [5.41, 5.74) is 2.83. The number of hydrogen-bond acceptors (Lipinski definition) is 3. The molecule has 1 fully saturated rings. The van der Waals surface area contributed by atoms with Gasteiger partial charge in [-0.1, -0.05) is 60.7 Å². The molecule has 3 aromatic rings. The van der Waals surface area contributed by atoms with Gasteiger partial charge in [-0.2, -0.15) is 0 Å². The second kappa shape index (κ2) is 11.7. The van der Waals surface area contributed by atoms with E-state index in [1.165, 1.54) is 29.8 Å². The maximum Gasteiger partial charge on any atom is 0.252 e. The quantitative estimate of drug-likeness (QED) is 0.415. The van der Waals surface area contributed by atoms with Gasteiger partial charge >= 0.3 is 0 Å². The van der Waals surface area contributed by atoms with E-state index in [4.69, 9.17) is 12.2 Å². The normalized spacial score (nSPS) is 15.5. The van der Waals surface area contributed by atoms with E-state index in [1.54, 1.807) is 4.90 Å². The van der Waals surface area contributed by atoms with Crippen molar-refractivity contribution in [2.24, 2.45) is 0 Å². The number of benzene rings is 3. The number of carbonyl (C=O) groups is 2. The first-order valence-electron chi connectivity index (χ1n) is 11.8. The molecule has 4 rings (SSSR count). The number of nitrogens with one attached hydrogen (secondary N) is 1. The van der Waals surface area contributed by atoms with Crippen LogP contribution in [-0.2, 0) is 22.4 Å². The number of rotatable bonds is 10. The number of thiocarbonyl (C=S) groups is 1. The van der Waals surface area contributed by atoms with Crippen LogP contribution in [-0.4, -0.2) is 45.9 Å². The lowest BCUT2D eigenvalue weighted by atomic mass is 10.1. The summed E-state index contributed by atoms with van der Waals surface area (Å²) in [6.07, 6.45) is 2.31. The molecule has 0 spiro atoms. The van der Waals surface area contributed by atoms with Crippen LogP contribution < -0.4 is 5.32 Å². The first kappa shape index (κ1) is 24.5. The second-order valence-electron chi connectivity index (χ2n) is 8.57. The predicted molar refractivity (Wildman–Crippen MR) is 139 cm³/mol. The van der Waals surface area contributed by atoms with Crippen molar-refractivity contribution in [2.75, 3.05) is 18.4 Å². The minimum Gasteiger partial charge on any atom is -0.336 e. The minimum atomic E-state index is -0.658. The Morgan fingerprint density at radius 3 is 2.09 bits per heavy atom. The van der Waals surface area contributed by atoms with Crippen LogP contribution in [0.3, 0.4) is 0 Å². The average Bonchev–Trinajstić information content (AvgIpc) is 3.09. The Morgan fingerprint density at radius 2 is 1.46 bits per heavy atom. The van der Waals surface area contributed by atoms with Gasteiger partial charge in [-0.25, -0.2) is 4.39 Å². The maximum atomic E-state index is 13.4. The lowest BCUT2D eigenvalue weighted by Gasteiger charge is -2.24. The summed E-state index contributed by atoms with van der Waals surface area (Å²) in [6, 6.07) is 25.0. The zero-order chi connectivity index (χ0) is 24.6. The van der Waals surface area contributed by atoms with Gasteiger partial charge in [-0.15, -0.1) is 0 Å². The van der Waals surface area contributed by atoms with Crippen molar-refractivity contribution in [3.63, 3.8) is 0 Å². The molecule has 1 N–H and O–H groups in total. The molecule has 5 nitrogen and oxygen atoms in total. The fourth-order valence-electron chi connectivity index (χ4n) is 4.26. The van der Waals surface area contributed by atoms with Crippen molar-refractivity contribution >= 4 is 34.8 Å². The highest BCUT2D eigenvalue weighted by Crippen LogP contribution is 2.23. The van der Waals surface area contributed by atoms with Gasteiger partial charge in [0.2, 0.25) is 5.91 Å². The van der Waals surface area contributed by atoms with Gasteiger partial charge in [0.25, 0.3) is 5.91 Å². The van der Waals surface area contributed by atoms with Crippen LogP contribution >= 0.6 is 12.2 Å². The van der Waals surface area contributed by atoms with E-state index in [0.717, 1.165) is 18.4 Å². The fraction of sp³-hybridized carbons (Fsp3) is 0.250. The lowest BCUT2D eigenvalue weighted by Crippen LogP contribution is -2.38. The van der Waals surface area contributed by atoms with E-state index >= 15 is 0 Å². The summed E-state index contributed by atoms with van der Waals surface area (Å²) in [5, 5.41) is 3.23. The molecule has 1 atom stereocenters. The molecule has 0 aromatic heterocycles. The molecular weight excluding hydrogens is 461 g/mol. The van der Waals surface area contributed by atoms with Crippen molar-refractivity contribution in [3.05, 3.63) is 102 Å². The van der Waals surface area contributed by atoms with Crippen molar-refractivity contribution < 1.29 is 14.0 Å². The fourth-order valence-corrected chi connectivity index (χ4v) is 4.66. The highest BCUT2D eigenvalue weighted by atomic mass is 32.1. The van der Waals surface area contributed by atoms with Crippen molar-refractivity contribution in [3.8, 4) is 0 Å². The van der Waals surface area contributed by atoms with Crippen LogP contribution in [0.4, 0.5) is 10.1 Å². The van der Waals surface area contributed by atoms with E-state index in [2.05, 4.69) is 17.4 Å². The van der Waals surface area contributed by atoms with Gasteiger partial charge in [0.05, 0.1) is 6.42 Å². The molecule has 1 heterocycles. The Labute approximate surface area is 210 Å². The first-order valence-corrected chi connectivity index (χ1v) is 12.2. The number of carbonyl (C=O) groups excluding carboxylic acids is 2. The van der Waals surface area contributed by atoms with Crippen molar-refractivity contribution in [1.82, 2.24) is 9.80 Å². The molecule has 1 aliphatic heterocycles. The van der Waals surface area contributed by atoms with E-state index in [1.807, 2.05) is 53.4 Å². The smallest absolute Gasteiger partial charge is 0.252 e. The molecule has 0 saturated carbocycles. The highest BCUT2D eigenvalue weighted by molar-refractivity contribution is 7.80. The van der Waals surface area contributed by atoms with E-state index in [9.17, 15) is 14.0 Å². The number of anilines is 1. The Morgan fingerprint density at radius 1 is 0.857 bits per heavy atom. The van der Waals surface area contributed by atoms with Gasteiger partial charge in [0.1, 0.15) is 11.9 Å². The molecule has 35 heavy (non-hydrogen) atoms. The van der Waals surface area contributed by atoms with Gasteiger partial charge < -0.3 is 10.2 Å². The predicted octanol–water partition coefficient (Wildman–Crippen LogP) is 4.83. The third-order valence-electron chi connectivity index (χ3n) is 6.08. The Kier molecular flexibility index (Phi) is 8.21. The summed E-state index contributed by atoms with van der Waals surface area (Å²) in [4.78, 5) is 29.7. The van der Waals surface area contributed by atoms with E-state index in [0.29, 0.717) is 30.3 Å². The Bertz CT molecular complexity index is 1160. The van der Waals surface area contributed by atoms with Gasteiger partial charge in [0.15, 0.2) is 5.11 Å². The monoisotopic (exact) mass is 489 g/mol. The molecule has 0 aliphatic carbocycles. The SMILES string of the molecule is O=C(CC1C(=O)N(CCc2ccccc2)C(=S)N1CCCc1ccccc1)Nc1ccc(F)cc1. The molecular formula is C28H28FN3O2S. The molecule has 1 aliphatic rings. The van der Waals surface area contributed by atoms with Crippen molar-refractivity contribution in [2.45, 2.75) is 31.7 Å². The van der Waals surface area contributed by atoms with Crippen LogP contribution in [0.25, 0.3) is 0 Å². The largest absolute Gasteiger partial charge is 0.336 e. The molecule has 0 radical (unpaired) electrons. The molecule has 7 heteroatoms. The van der Waals surface area contributed by atoms with Gasteiger partial charge in [-0.05, 0) is 66.9 Å². The molecule has 3 aromatic carbocycles. The lowest BCUT2D eigenvalue weighted by molar-refractivity contribution is -0.130. The van der Waals surface area contributed by atoms with E-state index in [-0.39, 0.29) is 24.1 Å². The zero-order valence-corrected chi connectivity index (χ0v) is 20.2. The molecule has 1 unspecified atom stereocenters. The molecule has 2 amide bonds. The van der Waals surface area contributed by atoms with Crippen LogP contribution in [0.15, 0.2) is 84.9 Å². The van der Waals surface area contributed by atoms with Gasteiger partial charge in [0, 0.05) is 18.8 Å². The zero-order valence-electron chi connectivity index (χ0n) is 19.4. The van der Waals surface area contributed by atoms with Crippen LogP contribution in [0.2, 0.25) is 0 Å². The summed E-state index contributed by atoms with van der Waals surface area (Å²) in [6.45, 7) is 1.04. The molecule has 0 bridgehead atoms. The maximum absolute atomic E-state index is 13.4. The number of hydrogen-bond donors (Lipinski definition) is 1. The van der Waals surface area contributed by atoms with E-state index < -0.39 is 6.04 Å². The number of amides is 2. The summed E-state index contributed by atoms with van der Waals surface area (Å²) < 4.78 is 13.2. The molecule has 180 valence electrons. The third kappa shape index (κ3) is 6.51. The van der Waals surface area contributed by atoms with Crippen LogP contribution in [0, 0.1) is 5.82 Å². The Hall–Kier alpha value is -3.58. The molecule has 1 saturated heterocycles. The number of nitrogens with zero attached hydrogens (tertiary/aromatic N) is 2. The Balaban J connectivity index is 1.44. The standard InChI is InChI=1S/C28H28FN3O2S/c29-23-13-15-24(16-14-23)30-26(33)20-25-27(34)32(19-17-22-10-5-2-6-11-22)28(35)31(25)18-7-12-21-8-3-1-4-9-21/h1-6,8-11,13-16,25H,7,12,17-20H2,(H,30,33).